The van der Waals surface area contributed by atoms with Crippen LogP contribution in [0.4, 0.5) is 0 Å². The van der Waals surface area contributed by atoms with E-state index in [1.165, 1.54) is 19.1 Å². The molecular formula is C15H21NO3S. The van der Waals surface area contributed by atoms with Crippen molar-refractivity contribution in [3.8, 4) is 5.75 Å². The highest BCUT2D eigenvalue weighted by Crippen LogP contribution is 2.39. The van der Waals surface area contributed by atoms with E-state index in [9.17, 15) is 8.42 Å². The first-order chi connectivity index (χ1) is 9.54. The van der Waals surface area contributed by atoms with Crippen LogP contribution < -0.4 is 10.1 Å². The van der Waals surface area contributed by atoms with Crippen molar-refractivity contribution in [1.29, 1.82) is 0 Å². The van der Waals surface area contributed by atoms with E-state index in [1.807, 2.05) is 6.07 Å². The van der Waals surface area contributed by atoms with E-state index in [-0.39, 0.29) is 6.10 Å². The van der Waals surface area contributed by atoms with Crippen molar-refractivity contribution in [2.45, 2.75) is 30.3 Å². The normalized spacial score (nSPS) is 24.6. The first-order valence-electron chi connectivity index (χ1n) is 7.21. The van der Waals surface area contributed by atoms with Gasteiger partial charge in [0.1, 0.15) is 11.9 Å². The van der Waals surface area contributed by atoms with Gasteiger partial charge in [-0.25, -0.2) is 8.42 Å². The smallest absolute Gasteiger partial charge is 0.175 e. The zero-order chi connectivity index (χ0) is 14.2. The summed E-state index contributed by atoms with van der Waals surface area (Å²) in [5.74, 6) is 1.86. The molecule has 5 heteroatoms. The third-order valence-electron chi connectivity index (χ3n) is 4.16. The molecule has 0 spiro atoms. The lowest BCUT2D eigenvalue weighted by Gasteiger charge is -2.24. The minimum Gasteiger partial charge on any atom is -0.490 e. The van der Waals surface area contributed by atoms with Crippen molar-refractivity contribution in [2.24, 2.45) is 11.8 Å². The van der Waals surface area contributed by atoms with Crippen LogP contribution in [0.2, 0.25) is 0 Å². The molecular weight excluding hydrogens is 274 g/mol. The van der Waals surface area contributed by atoms with Gasteiger partial charge in [-0.3, -0.25) is 0 Å². The van der Waals surface area contributed by atoms with Gasteiger partial charge in [0.2, 0.25) is 0 Å². The molecule has 0 radical (unpaired) electrons. The minimum absolute atomic E-state index is 0.222. The largest absolute Gasteiger partial charge is 0.490 e. The quantitative estimate of drug-likeness (QED) is 0.901. The lowest BCUT2D eigenvalue weighted by atomic mass is 9.97. The van der Waals surface area contributed by atoms with E-state index in [1.54, 1.807) is 18.2 Å². The topological polar surface area (TPSA) is 55.4 Å². The maximum atomic E-state index is 11.6. The van der Waals surface area contributed by atoms with Crippen molar-refractivity contribution in [3.05, 3.63) is 24.3 Å². The molecule has 1 aromatic carbocycles. The fourth-order valence-electron chi connectivity index (χ4n) is 2.89. The third-order valence-corrected chi connectivity index (χ3v) is 5.27. The van der Waals surface area contributed by atoms with Crippen LogP contribution >= 0.6 is 0 Å². The Morgan fingerprint density at radius 1 is 1.25 bits per heavy atom. The molecule has 2 atom stereocenters. The third kappa shape index (κ3) is 3.15. The van der Waals surface area contributed by atoms with Crippen LogP contribution in [-0.4, -0.2) is 33.9 Å². The van der Waals surface area contributed by atoms with Gasteiger partial charge in [0.05, 0.1) is 4.90 Å². The van der Waals surface area contributed by atoms with Gasteiger partial charge < -0.3 is 10.1 Å². The second-order valence-electron chi connectivity index (χ2n) is 5.92. The summed E-state index contributed by atoms with van der Waals surface area (Å²) in [6.45, 7) is 2.06. The van der Waals surface area contributed by atoms with E-state index < -0.39 is 9.84 Å². The van der Waals surface area contributed by atoms with Gasteiger partial charge in [0, 0.05) is 18.7 Å². The predicted octanol–water partition coefficient (Wildman–Crippen LogP) is 1.86. The second kappa shape index (κ2) is 5.37. The van der Waals surface area contributed by atoms with Crippen LogP contribution in [0.15, 0.2) is 29.2 Å². The Morgan fingerprint density at radius 3 is 2.65 bits per heavy atom. The molecule has 0 bridgehead atoms. The van der Waals surface area contributed by atoms with Crippen molar-refractivity contribution in [3.63, 3.8) is 0 Å². The standard InChI is InChI=1S/C15H21NO3S/c1-20(17,18)14-4-2-3-13(9-14)19-15(11-5-6-11)12-7-8-16-10-12/h2-4,9,11-12,15-16H,5-8,10H2,1H3/t12-,15-/m0/s1. The number of hydrogen-bond acceptors (Lipinski definition) is 4. The fourth-order valence-corrected chi connectivity index (χ4v) is 3.55. The molecule has 1 saturated carbocycles. The van der Waals surface area contributed by atoms with Gasteiger partial charge >= 0.3 is 0 Å². The number of ether oxygens (including phenoxy) is 1. The Hall–Kier alpha value is -1.07. The molecule has 3 rings (SSSR count). The van der Waals surface area contributed by atoms with Crippen molar-refractivity contribution < 1.29 is 13.2 Å². The van der Waals surface area contributed by atoms with E-state index in [0.29, 0.717) is 22.5 Å². The summed E-state index contributed by atoms with van der Waals surface area (Å²) in [5, 5.41) is 3.38. The number of nitrogens with one attached hydrogen (secondary N) is 1. The summed E-state index contributed by atoms with van der Waals surface area (Å²) in [4.78, 5) is 0.328. The van der Waals surface area contributed by atoms with Gasteiger partial charge in [0.15, 0.2) is 9.84 Å². The van der Waals surface area contributed by atoms with E-state index >= 15 is 0 Å². The maximum Gasteiger partial charge on any atom is 0.175 e. The maximum absolute atomic E-state index is 11.6. The molecule has 1 aliphatic carbocycles. The van der Waals surface area contributed by atoms with Crippen LogP contribution in [0, 0.1) is 11.8 Å². The molecule has 1 aliphatic heterocycles. The van der Waals surface area contributed by atoms with Crippen LogP contribution in [0.25, 0.3) is 0 Å². The summed E-state index contributed by atoms with van der Waals surface area (Å²) in [6.07, 6.45) is 5.05. The molecule has 0 aromatic heterocycles. The summed E-state index contributed by atoms with van der Waals surface area (Å²) < 4.78 is 29.4. The van der Waals surface area contributed by atoms with Gasteiger partial charge in [-0.15, -0.1) is 0 Å². The lowest BCUT2D eigenvalue weighted by molar-refractivity contribution is 0.120. The average molecular weight is 295 g/mol. The minimum atomic E-state index is -3.18. The second-order valence-corrected chi connectivity index (χ2v) is 7.94. The average Bonchev–Trinajstić information content (AvgIpc) is 3.10. The monoisotopic (exact) mass is 295 g/mol. The lowest BCUT2D eigenvalue weighted by Crippen LogP contribution is -2.30. The van der Waals surface area contributed by atoms with Crippen LogP contribution in [-0.2, 0) is 9.84 Å². The highest BCUT2D eigenvalue weighted by atomic mass is 32.2. The number of hydrogen-bond donors (Lipinski definition) is 1. The molecule has 1 saturated heterocycles. The molecule has 0 unspecified atom stereocenters. The zero-order valence-electron chi connectivity index (χ0n) is 11.7. The van der Waals surface area contributed by atoms with Crippen LogP contribution in [0.1, 0.15) is 19.3 Å². The summed E-state index contributed by atoms with van der Waals surface area (Å²) in [6, 6.07) is 6.87. The molecule has 4 nitrogen and oxygen atoms in total. The number of benzene rings is 1. The number of sulfone groups is 1. The zero-order valence-corrected chi connectivity index (χ0v) is 12.5. The Bertz CT molecular complexity index is 575. The molecule has 1 N–H and O–H groups in total. The summed E-state index contributed by atoms with van der Waals surface area (Å²) in [5.41, 5.74) is 0. The highest BCUT2D eigenvalue weighted by molar-refractivity contribution is 7.90. The van der Waals surface area contributed by atoms with Gasteiger partial charge in [-0.1, -0.05) is 6.07 Å². The van der Waals surface area contributed by atoms with Gasteiger partial charge in [-0.05, 0) is 49.9 Å². The molecule has 20 heavy (non-hydrogen) atoms. The van der Waals surface area contributed by atoms with Gasteiger partial charge in [-0.2, -0.15) is 0 Å². The SMILES string of the molecule is CS(=O)(=O)c1cccc(O[C@@H](C2CC2)[C@H]2CCNC2)c1. The Balaban J connectivity index is 1.78. The predicted molar refractivity (Wildman–Crippen MR) is 77.7 cm³/mol. The van der Waals surface area contributed by atoms with Gasteiger partial charge in [0.25, 0.3) is 0 Å². The number of rotatable bonds is 5. The molecule has 2 fully saturated rings. The first-order valence-corrected chi connectivity index (χ1v) is 9.11. The fraction of sp³-hybridized carbons (Fsp3) is 0.600. The van der Waals surface area contributed by atoms with Crippen LogP contribution in [0.5, 0.6) is 5.75 Å². The summed E-state index contributed by atoms with van der Waals surface area (Å²) >= 11 is 0. The summed E-state index contributed by atoms with van der Waals surface area (Å²) in [7, 11) is -3.18. The molecule has 0 amide bonds. The van der Waals surface area contributed by atoms with E-state index in [4.69, 9.17) is 4.74 Å². The molecule has 110 valence electrons. The first kappa shape index (κ1) is 13.9. The van der Waals surface area contributed by atoms with Crippen molar-refractivity contribution in [2.75, 3.05) is 19.3 Å². The Kier molecular flexibility index (Phi) is 3.73. The van der Waals surface area contributed by atoms with Crippen molar-refractivity contribution >= 4 is 9.84 Å². The van der Waals surface area contributed by atoms with Crippen molar-refractivity contribution in [1.82, 2.24) is 5.32 Å². The molecule has 1 heterocycles. The molecule has 1 aromatic rings. The molecule has 2 aliphatic rings. The van der Waals surface area contributed by atoms with E-state index in [0.717, 1.165) is 19.5 Å². The Labute approximate surface area is 120 Å². The highest BCUT2D eigenvalue weighted by Gasteiger charge is 2.39. The Morgan fingerprint density at radius 2 is 2.05 bits per heavy atom. The van der Waals surface area contributed by atoms with Crippen LogP contribution in [0.3, 0.4) is 0 Å². The van der Waals surface area contributed by atoms with E-state index in [2.05, 4.69) is 5.32 Å².